The summed E-state index contributed by atoms with van der Waals surface area (Å²) in [6.07, 6.45) is 7.28. The van der Waals surface area contributed by atoms with Crippen LogP contribution in [0.4, 0.5) is 11.5 Å². The van der Waals surface area contributed by atoms with Gasteiger partial charge in [0.1, 0.15) is 6.33 Å². The Morgan fingerprint density at radius 3 is 2.45 bits per heavy atom. The van der Waals surface area contributed by atoms with Crippen LogP contribution in [-0.2, 0) is 11.3 Å². The molecule has 2 aliphatic rings. The summed E-state index contributed by atoms with van der Waals surface area (Å²) >= 11 is 0. The molecule has 2 fully saturated rings. The maximum absolute atomic E-state index is 12.9. The molecular weight excluding hydrogens is 388 g/mol. The molecule has 0 bridgehead atoms. The first-order valence-corrected chi connectivity index (χ1v) is 11.4. The van der Waals surface area contributed by atoms with Gasteiger partial charge in [0, 0.05) is 58.8 Å². The summed E-state index contributed by atoms with van der Waals surface area (Å²) in [4.78, 5) is 28.3. The average Bonchev–Trinajstić information content (AvgIpc) is 2.81. The molecule has 0 saturated carbocycles. The summed E-state index contributed by atoms with van der Waals surface area (Å²) in [5.74, 6) is 1.27. The van der Waals surface area contributed by atoms with Crippen LogP contribution in [0.5, 0.6) is 0 Å². The van der Waals surface area contributed by atoms with Crippen molar-refractivity contribution in [3.05, 3.63) is 48.4 Å². The lowest BCUT2D eigenvalue weighted by atomic mass is 9.94. The van der Waals surface area contributed by atoms with Gasteiger partial charge in [-0.15, -0.1) is 0 Å². The number of aromatic nitrogens is 2. The molecule has 7 heteroatoms. The van der Waals surface area contributed by atoms with E-state index in [4.69, 9.17) is 0 Å². The lowest BCUT2D eigenvalue weighted by Gasteiger charge is -2.36. The highest BCUT2D eigenvalue weighted by molar-refractivity contribution is 5.79. The molecule has 2 aliphatic heterocycles. The number of anilines is 2. The Hall–Kier alpha value is -2.67. The Bertz CT molecular complexity index is 842. The molecule has 31 heavy (non-hydrogen) atoms. The third-order valence-corrected chi connectivity index (χ3v) is 6.49. The van der Waals surface area contributed by atoms with Crippen LogP contribution >= 0.6 is 0 Å². The molecule has 1 aromatic heterocycles. The Morgan fingerprint density at radius 2 is 1.77 bits per heavy atom. The van der Waals surface area contributed by atoms with E-state index in [1.54, 1.807) is 6.33 Å². The maximum atomic E-state index is 12.9. The van der Waals surface area contributed by atoms with E-state index in [-0.39, 0.29) is 11.8 Å². The van der Waals surface area contributed by atoms with Crippen molar-refractivity contribution in [3.8, 4) is 0 Å². The summed E-state index contributed by atoms with van der Waals surface area (Å²) < 4.78 is 0. The zero-order valence-corrected chi connectivity index (χ0v) is 18.7. The van der Waals surface area contributed by atoms with Crippen molar-refractivity contribution in [2.45, 2.75) is 38.3 Å². The number of hydrogen-bond donors (Lipinski definition) is 1. The molecule has 0 radical (unpaired) electrons. The average molecular weight is 423 g/mol. The van der Waals surface area contributed by atoms with Gasteiger partial charge in [0.2, 0.25) is 5.91 Å². The first-order chi connectivity index (χ1) is 15.1. The van der Waals surface area contributed by atoms with Crippen molar-refractivity contribution in [2.24, 2.45) is 5.92 Å². The van der Waals surface area contributed by atoms with E-state index in [2.05, 4.69) is 55.4 Å². The predicted octanol–water partition coefficient (Wildman–Crippen LogP) is 2.54. The molecule has 4 rings (SSSR count). The molecule has 2 aromatic rings. The first kappa shape index (κ1) is 21.6. The first-order valence-electron chi connectivity index (χ1n) is 11.4. The Morgan fingerprint density at radius 1 is 1.06 bits per heavy atom. The molecule has 166 valence electrons. The molecule has 0 aliphatic carbocycles. The SMILES string of the molecule is CN(C)c1ncncc1N1CCC(C(=O)NC2CCN(Cc3ccccc3)CC2)CC1. The summed E-state index contributed by atoms with van der Waals surface area (Å²) in [7, 11) is 3.99. The minimum absolute atomic E-state index is 0.103. The van der Waals surface area contributed by atoms with Gasteiger partial charge in [-0.2, -0.15) is 0 Å². The number of piperidine rings is 2. The van der Waals surface area contributed by atoms with Gasteiger partial charge in [0.15, 0.2) is 5.82 Å². The lowest BCUT2D eigenvalue weighted by molar-refractivity contribution is -0.126. The Kier molecular flexibility index (Phi) is 7.02. The number of carbonyl (C=O) groups excluding carboxylic acids is 1. The fourth-order valence-corrected chi connectivity index (χ4v) is 4.66. The van der Waals surface area contributed by atoms with E-state index < -0.39 is 0 Å². The highest BCUT2D eigenvalue weighted by atomic mass is 16.2. The van der Waals surface area contributed by atoms with Gasteiger partial charge >= 0.3 is 0 Å². The molecule has 0 atom stereocenters. The molecule has 1 aromatic carbocycles. The van der Waals surface area contributed by atoms with Gasteiger partial charge in [0.25, 0.3) is 0 Å². The number of likely N-dealkylation sites (tertiary alicyclic amines) is 1. The molecule has 0 unspecified atom stereocenters. The number of nitrogens with one attached hydrogen (secondary N) is 1. The van der Waals surface area contributed by atoms with E-state index in [9.17, 15) is 4.79 Å². The Labute approximate surface area is 185 Å². The Balaban J connectivity index is 1.22. The number of amides is 1. The molecule has 3 heterocycles. The normalized spacial score (nSPS) is 18.7. The highest BCUT2D eigenvalue weighted by Gasteiger charge is 2.29. The predicted molar refractivity (Wildman–Crippen MR) is 124 cm³/mol. The van der Waals surface area contributed by atoms with Crippen LogP contribution in [-0.4, -0.2) is 67.1 Å². The van der Waals surface area contributed by atoms with Crippen molar-refractivity contribution in [1.29, 1.82) is 0 Å². The number of rotatable bonds is 6. The van der Waals surface area contributed by atoms with E-state index in [0.717, 1.165) is 69.9 Å². The van der Waals surface area contributed by atoms with E-state index in [1.807, 2.05) is 25.2 Å². The second-order valence-electron chi connectivity index (χ2n) is 8.93. The second-order valence-corrected chi connectivity index (χ2v) is 8.93. The molecular formula is C24H34N6O. The summed E-state index contributed by atoms with van der Waals surface area (Å²) in [6, 6.07) is 10.9. The number of carbonyl (C=O) groups is 1. The van der Waals surface area contributed by atoms with Gasteiger partial charge < -0.3 is 15.1 Å². The van der Waals surface area contributed by atoms with Crippen LogP contribution < -0.4 is 15.1 Å². The van der Waals surface area contributed by atoms with E-state index in [0.29, 0.717) is 6.04 Å². The van der Waals surface area contributed by atoms with Crippen molar-refractivity contribution < 1.29 is 4.79 Å². The van der Waals surface area contributed by atoms with Gasteiger partial charge in [-0.3, -0.25) is 9.69 Å². The van der Waals surface area contributed by atoms with E-state index >= 15 is 0 Å². The maximum Gasteiger partial charge on any atom is 0.223 e. The van der Waals surface area contributed by atoms with Gasteiger partial charge in [-0.1, -0.05) is 30.3 Å². The minimum atomic E-state index is 0.103. The molecule has 1 amide bonds. The zero-order chi connectivity index (χ0) is 21.6. The van der Waals surface area contributed by atoms with Crippen molar-refractivity contribution in [1.82, 2.24) is 20.2 Å². The highest BCUT2D eigenvalue weighted by Crippen LogP contribution is 2.29. The second kappa shape index (κ2) is 10.1. The van der Waals surface area contributed by atoms with Gasteiger partial charge in [-0.05, 0) is 31.2 Å². The lowest BCUT2D eigenvalue weighted by Crippen LogP contribution is -2.48. The third-order valence-electron chi connectivity index (χ3n) is 6.49. The topological polar surface area (TPSA) is 64.6 Å². The summed E-state index contributed by atoms with van der Waals surface area (Å²) in [5, 5.41) is 3.34. The van der Waals surface area contributed by atoms with Gasteiger partial charge in [0.05, 0.1) is 11.9 Å². The zero-order valence-electron chi connectivity index (χ0n) is 18.7. The fraction of sp³-hybridized carbons (Fsp3) is 0.542. The van der Waals surface area contributed by atoms with Crippen molar-refractivity contribution >= 4 is 17.4 Å². The van der Waals surface area contributed by atoms with Gasteiger partial charge in [-0.25, -0.2) is 9.97 Å². The number of benzene rings is 1. The quantitative estimate of drug-likeness (QED) is 0.772. The van der Waals surface area contributed by atoms with Crippen LogP contribution in [0, 0.1) is 5.92 Å². The van der Waals surface area contributed by atoms with Crippen molar-refractivity contribution in [2.75, 3.05) is 50.1 Å². The monoisotopic (exact) mass is 422 g/mol. The third kappa shape index (κ3) is 5.53. The van der Waals surface area contributed by atoms with Crippen molar-refractivity contribution in [3.63, 3.8) is 0 Å². The largest absolute Gasteiger partial charge is 0.367 e. The summed E-state index contributed by atoms with van der Waals surface area (Å²) in [5.41, 5.74) is 2.41. The van der Waals surface area contributed by atoms with E-state index in [1.165, 1.54) is 5.56 Å². The standard InChI is InChI=1S/C24H34N6O/c1-28(2)23-22(16-25-18-26-23)30-14-8-20(9-15-30)24(31)27-21-10-12-29(13-11-21)17-19-6-4-3-5-7-19/h3-7,16,18,20-21H,8-15,17H2,1-2H3,(H,27,31). The van der Waals surface area contributed by atoms with Crippen LogP contribution in [0.1, 0.15) is 31.2 Å². The molecule has 1 N–H and O–H groups in total. The summed E-state index contributed by atoms with van der Waals surface area (Å²) in [6.45, 7) is 4.81. The smallest absolute Gasteiger partial charge is 0.223 e. The van der Waals surface area contributed by atoms with Crippen LogP contribution in [0.3, 0.4) is 0 Å². The number of hydrogen-bond acceptors (Lipinski definition) is 6. The van der Waals surface area contributed by atoms with Crippen LogP contribution in [0.15, 0.2) is 42.9 Å². The molecule has 0 spiro atoms. The molecule has 7 nitrogen and oxygen atoms in total. The van der Waals surface area contributed by atoms with Crippen LogP contribution in [0.2, 0.25) is 0 Å². The minimum Gasteiger partial charge on any atom is -0.367 e. The molecule has 2 saturated heterocycles. The fourth-order valence-electron chi connectivity index (χ4n) is 4.66. The number of nitrogens with zero attached hydrogens (tertiary/aromatic N) is 5. The van der Waals surface area contributed by atoms with Crippen LogP contribution in [0.25, 0.3) is 0 Å².